The van der Waals surface area contributed by atoms with Crippen LogP contribution in [0.25, 0.3) is 5.76 Å². The minimum atomic E-state index is -5.16. The third-order valence-electron chi connectivity index (χ3n) is 6.53. The van der Waals surface area contributed by atoms with Crippen molar-refractivity contribution in [2.24, 2.45) is 0 Å². The van der Waals surface area contributed by atoms with Gasteiger partial charge in [0.15, 0.2) is 0 Å². The average molecular weight is 547 g/mol. The van der Waals surface area contributed by atoms with E-state index < -0.39 is 58.1 Å². The molecule has 1 N–H and O–H groups in total. The van der Waals surface area contributed by atoms with Gasteiger partial charge in [0.2, 0.25) is 0 Å². The molecule has 4 nitrogen and oxygen atoms in total. The maximum atomic E-state index is 13.7. The molecule has 0 radical (unpaired) electrons. The molecule has 1 heterocycles. The number of rotatable bonds is 4. The van der Waals surface area contributed by atoms with E-state index in [1.54, 1.807) is 31.2 Å². The molecule has 3 aromatic rings. The number of amides is 1. The third-order valence-corrected chi connectivity index (χ3v) is 6.53. The highest BCUT2D eigenvalue weighted by Crippen LogP contribution is 2.45. The molecule has 1 saturated heterocycles. The van der Waals surface area contributed by atoms with Gasteiger partial charge in [-0.3, -0.25) is 14.5 Å². The van der Waals surface area contributed by atoms with Crippen LogP contribution >= 0.6 is 0 Å². The zero-order valence-electron chi connectivity index (χ0n) is 21.0. The Morgan fingerprint density at radius 2 is 1.33 bits per heavy atom. The molecule has 204 valence electrons. The second-order valence-corrected chi connectivity index (χ2v) is 9.62. The number of benzene rings is 3. The second-order valence-electron chi connectivity index (χ2n) is 9.62. The highest BCUT2D eigenvalue weighted by molar-refractivity contribution is 6.51. The van der Waals surface area contributed by atoms with Gasteiger partial charge in [-0.1, -0.05) is 55.8 Å². The number of nitrogens with zero attached hydrogens (tertiary/aromatic N) is 1. The number of carbonyl (C=O) groups is 2. The Bertz CT molecular complexity index is 1420. The van der Waals surface area contributed by atoms with E-state index in [0.29, 0.717) is 12.1 Å². The van der Waals surface area contributed by atoms with Crippen LogP contribution in [0.1, 0.15) is 59.2 Å². The minimum Gasteiger partial charge on any atom is -0.507 e. The van der Waals surface area contributed by atoms with Crippen molar-refractivity contribution < 1.29 is 41.0 Å². The molecule has 0 aliphatic carbocycles. The smallest absolute Gasteiger partial charge is 0.416 e. The molecule has 3 aromatic carbocycles. The van der Waals surface area contributed by atoms with E-state index >= 15 is 0 Å². The Morgan fingerprint density at radius 1 is 0.821 bits per heavy atom. The van der Waals surface area contributed by atoms with Gasteiger partial charge in [0.1, 0.15) is 5.76 Å². The number of alkyl halides is 6. The molecule has 1 atom stereocenters. The first kappa shape index (κ1) is 27.9. The summed E-state index contributed by atoms with van der Waals surface area (Å²) in [5.74, 6) is -3.07. The molecule has 1 unspecified atom stereocenters. The Kier molecular flexibility index (Phi) is 7.10. The number of aliphatic hydroxyl groups is 1. The first-order valence-electron chi connectivity index (χ1n) is 11.9. The number of aryl methyl sites for hydroxylation is 1. The Balaban J connectivity index is 2.03. The summed E-state index contributed by atoms with van der Waals surface area (Å²) >= 11 is 0. The van der Waals surface area contributed by atoms with E-state index in [0.717, 1.165) is 16.0 Å². The zero-order chi connectivity index (χ0) is 28.9. The highest BCUT2D eigenvalue weighted by atomic mass is 19.4. The second kappa shape index (κ2) is 9.91. The number of aliphatic hydroxyl groups excluding tert-OH is 1. The van der Waals surface area contributed by atoms with E-state index in [1.165, 1.54) is 24.3 Å². The molecule has 1 aliphatic rings. The first-order valence-corrected chi connectivity index (χ1v) is 11.9. The fourth-order valence-corrected chi connectivity index (χ4v) is 4.44. The van der Waals surface area contributed by atoms with E-state index in [2.05, 4.69) is 0 Å². The van der Waals surface area contributed by atoms with Crippen molar-refractivity contribution in [3.63, 3.8) is 0 Å². The molecule has 39 heavy (non-hydrogen) atoms. The predicted octanol–water partition coefficient (Wildman–Crippen LogP) is 7.78. The quantitative estimate of drug-likeness (QED) is 0.157. The van der Waals surface area contributed by atoms with Crippen LogP contribution in [-0.4, -0.2) is 16.8 Å². The van der Waals surface area contributed by atoms with Gasteiger partial charge in [-0.05, 0) is 54.3 Å². The van der Waals surface area contributed by atoms with Gasteiger partial charge in [0, 0.05) is 11.3 Å². The van der Waals surface area contributed by atoms with E-state index in [4.69, 9.17) is 0 Å². The number of ketones is 1. The van der Waals surface area contributed by atoms with Crippen molar-refractivity contribution in [2.75, 3.05) is 4.90 Å². The van der Waals surface area contributed by atoms with Gasteiger partial charge in [-0.2, -0.15) is 26.3 Å². The summed E-state index contributed by atoms with van der Waals surface area (Å²) < 4.78 is 82.2. The van der Waals surface area contributed by atoms with Gasteiger partial charge in [-0.25, -0.2) is 0 Å². The lowest BCUT2D eigenvalue weighted by Gasteiger charge is -2.27. The van der Waals surface area contributed by atoms with Crippen LogP contribution in [0.2, 0.25) is 0 Å². The van der Waals surface area contributed by atoms with E-state index in [-0.39, 0.29) is 23.2 Å². The standard InChI is InChI=1S/C29H23F6NO3/c1-15(2)17-8-10-22(11-9-17)36-24(19-12-20(28(30,31)32)14-21(13-19)29(33,34)35)23(26(38)27(36)39)25(37)18-6-4-16(3)5-7-18/h4-15,24,37H,1-3H3/b25-23+. The number of halogens is 6. The zero-order valence-corrected chi connectivity index (χ0v) is 21.0. The van der Waals surface area contributed by atoms with Crippen molar-refractivity contribution in [1.82, 2.24) is 0 Å². The largest absolute Gasteiger partial charge is 0.507 e. The van der Waals surface area contributed by atoms with Gasteiger partial charge in [0.25, 0.3) is 11.7 Å². The average Bonchev–Trinajstić information content (AvgIpc) is 3.13. The predicted molar refractivity (Wildman–Crippen MR) is 133 cm³/mol. The lowest BCUT2D eigenvalue weighted by Crippen LogP contribution is -2.30. The molecule has 4 rings (SSSR count). The van der Waals surface area contributed by atoms with Crippen LogP contribution in [0.15, 0.2) is 72.3 Å². The summed E-state index contributed by atoms with van der Waals surface area (Å²) in [7, 11) is 0. The summed E-state index contributed by atoms with van der Waals surface area (Å²) in [6.45, 7) is 5.57. The van der Waals surface area contributed by atoms with Crippen molar-refractivity contribution in [1.29, 1.82) is 0 Å². The Hall–Kier alpha value is -4.08. The summed E-state index contributed by atoms with van der Waals surface area (Å²) in [5, 5.41) is 11.1. The van der Waals surface area contributed by atoms with Gasteiger partial charge >= 0.3 is 12.4 Å². The van der Waals surface area contributed by atoms with Crippen LogP contribution in [0.3, 0.4) is 0 Å². The molecule has 0 saturated carbocycles. The van der Waals surface area contributed by atoms with E-state index in [1.807, 2.05) is 13.8 Å². The normalized spacial score (nSPS) is 17.8. The van der Waals surface area contributed by atoms with E-state index in [9.17, 15) is 41.0 Å². The van der Waals surface area contributed by atoms with Crippen molar-refractivity contribution in [3.05, 3.63) is 106 Å². The molecular formula is C29H23F6NO3. The molecule has 1 aliphatic heterocycles. The molecule has 10 heteroatoms. The van der Waals surface area contributed by atoms with Crippen molar-refractivity contribution >= 4 is 23.1 Å². The molecule has 0 spiro atoms. The summed E-state index contributed by atoms with van der Waals surface area (Å²) in [6.07, 6.45) is -10.3. The van der Waals surface area contributed by atoms with Crippen molar-refractivity contribution in [3.8, 4) is 0 Å². The van der Waals surface area contributed by atoms with Crippen molar-refractivity contribution in [2.45, 2.75) is 45.1 Å². The number of hydrogen-bond acceptors (Lipinski definition) is 3. The fraction of sp³-hybridized carbons (Fsp3) is 0.241. The van der Waals surface area contributed by atoms with Crippen LogP contribution in [0.4, 0.5) is 32.0 Å². The van der Waals surface area contributed by atoms with Gasteiger partial charge < -0.3 is 5.11 Å². The molecule has 1 fully saturated rings. The number of Topliss-reactive ketones (excluding diaryl/α,β-unsaturated/α-hetero) is 1. The van der Waals surface area contributed by atoms with Crippen LogP contribution in [-0.2, 0) is 21.9 Å². The number of carbonyl (C=O) groups excluding carboxylic acids is 2. The summed E-state index contributed by atoms with van der Waals surface area (Å²) in [4.78, 5) is 27.3. The van der Waals surface area contributed by atoms with Crippen LogP contribution in [0, 0.1) is 6.92 Å². The van der Waals surface area contributed by atoms with Crippen LogP contribution < -0.4 is 4.90 Å². The lowest BCUT2D eigenvalue weighted by atomic mass is 9.92. The van der Waals surface area contributed by atoms with Crippen LogP contribution in [0.5, 0.6) is 0 Å². The Morgan fingerprint density at radius 3 is 1.79 bits per heavy atom. The highest BCUT2D eigenvalue weighted by Gasteiger charge is 2.48. The number of hydrogen-bond donors (Lipinski definition) is 1. The maximum Gasteiger partial charge on any atom is 0.416 e. The molecule has 0 bridgehead atoms. The maximum absolute atomic E-state index is 13.7. The van der Waals surface area contributed by atoms with Gasteiger partial charge in [0.05, 0.1) is 22.7 Å². The molecule has 0 aromatic heterocycles. The topological polar surface area (TPSA) is 57.6 Å². The fourth-order valence-electron chi connectivity index (χ4n) is 4.44. The number of anilines is 1. The summed E-state index contributed by atoms with van der Waals surface area (Å²) in [6, 6.07) is 11.4. The SMILES string of the molecule is Cc1ccc(/C(O)=C2\C(=O)C(=O)N(c3ccc(C(C)C)cc3)C2c2cc(C(F)(F)F)cc(C(F)(F)F)c2)cc1. The lowest BCUT2D eigenvalue weighted by molar-refractivity contribution is -0.143. The third kappa shape index (κ3) is 5.41. The minimum absolute atomic E-state index is 0.0346. The summed E-state index contributed by atoms with van der Waals surface area (Å²) in [5.41, 5.74) is -2.68. The van der Waals surface area contributed by atoms with Gasteiger partial charge in [-0.15, -0.1) is 0 Å². The first-order chi connectivity index (χ1) is 18.1. The molecular weight excluding hydrogens is 524 g/mol. The Labute approximate surface area is 220 Å². The monoisotopic (exact) mass is 547 g/mol. The molecule has 1 amide bonds.